The summed E-state index contributed by atoms with van der Waals surface area (Å²) in [5.74, 6) is -4.16. The van der Waals surface area contributed by atoms with Crippen LogP contribution < -0.4 is 10.6 Å². The third-order valence-electron chi connectivity index (χ3n) is 5.21. The molecule has 0 saturated carbocycles. The summed E-state index contributed by atoms with van der Waals surface area (Å²) in [5, 5.41) is 4.96. The van der Waals surface area contributed by atoms with Crippen LogP contribution in [0, 0.1) is 11.6 Å². The van der Waals surface area contributed by atoms with Gasteiger partial charge in [0.2, 0.25) is 5.91 Å². The number of carbonyl (C=O) groups excluding carboxylic acids is 4. The molecule has 2 aromatic rings. The smallest absolute Gasteiger partial charge is 0.338 e. The Kier molecular flexibility index (Phi) is 7.05. The number of nitrogens with zero attached hydrogens (tertiary/aromatic N) is 1. The van der Waals surface area contributed by atoms with Crippen molar-refractivity contribution in [3.63, 3.8) is 0 Å². The highest BCUT2D eigenvalue weighted by Crippen LogP contribution is 2.29. The molecule has 174 valence electrons. The molecule has 0 spiro atoms. The van der Waals surface area contributed by atoms with Gasteiger partial charge >= 0.3 is 12.0 Å². The predicted molar refractivity (Wildman–Crippen MR) is 114 cm³/mol. The molecular weight excluding hydrogens is 436 g/mol. The van der Waals surface area contributed by atoms with Gasteiger partial charge in [-0.2, -0.15) is 0 Å². The van der Waals surface area contributed by atoms with Crippen LogP contribution >= 0.6 is 0 Å². The zero-order valence-corrected chi connectivity index (χ0v) is 18.1. The van der Waals surface area contributed by atoms with Crippen molar-refractivity contribution in [3.8, 4) is 0 Å². The monoisotopic (exact) mass is 459 g/mol. The lowest BCUT2D eigenvalue weighted by Gasteiger charge is -2.22. The van der Waals surface area contributed by atoms with Crippen molar-refractivity contribution in [2.24, 2.45) is 0 Å². The van der Waals surface area contributed by atoms with E-state index in [9.17, 15) is 28.0 Å². The molecule has 1 heterocycles. The van der Waals surface area contributed by atoms with Crippen LogP contribution in [0.3, 0.4) is 0 Å². The van der Waals surface area contributed by atoms with E-state index in [1.165, 1.54) is 37.3 Å². The summed E-state index contributed by atoms with van der Waals surface area (Å²) in [6, 6.07) is 7.98. The molecule has 1 unspecified atom stereocenters. The molecular formula is C23H23F2N3O5. The lowest BCUT2D eigenvalue weighted by molar-refractivity contribution is -0.133. The highest BCUT2D eigenvalue weighted by molar-refractivity contribution is 6.10. The fraction of sp³-hybridized carbons (Fsp3) is 0.304. The number of hydrogen-bond donors (Lipinski definition) is 2. The predicted octanol–water partition coefficient (Wildman–Crippen LogP) is 3.33. The maximum Gasteiger partial charge on any atom is 0.338 e. The van der Waals surface area contributed by atoms with E-state index in [-0.39, 0.29) is 5.56 Å². The lowest BCUT2D eigenvalue weighted by atomic mass is 9.92. The molecule has 1 aliphatic rings. The van der Waals surface area contributed by atoms with Crippen molar-refractivity contribution in [2.45, 2.75) is 32.2 Å². The van der Waals surface area contributed by atoms with Crippen LogP contribution in [0.15, 0.2) is 42.5 Å². The van der Waals surface area contributed by atoms with E-state index >= 15 is 0 Å². The molecule has 33 heavy (non-hydrogen) atoms. The Morgan fingerprint density at radius 1 is 1.09 bits per heavy atom. The van der Waals surface area contributed by atoms with Crippen molar-refractivity contribution in [1.82, 2.24) is 10.2 Å². The minimum absolute atomic E-state index is 0.0454. The number of amides is 4. The van der Waals surface area contributed by atoms with Gasteiger partial charge in [-0.3, -0.25) is 14.5 Å². The molecule has 0 bridgehead atoms. The Balaban J connectivity index is 1.63. The third kappa shape index (κ3) is 5.16. The fourth-order valence-corrected chi connectivity index (χ4v) is 3.27. The van der Waals surface area contributed by atoms with Crippen molar-refractivity contribution in [2.75, 3.05) is 18.5 Å². The summed E-state index contributed by atoms with van der Waals surface area (Å²) in [6.07, 6.45) is 1.66. The summed E-state index contributed by atoms with van der Waals surface area (Å²) in [4.78, 5) is 50.2. The van der Waals surface area contributed by atoms with Gasteiger partial charge < -0.3 is 15.4 Å². The van der Waals surface area contributed by atoms with E-state index < -0.39 is 47.5 Å². The van der Waals surface area contributed by atoms with Crippen molar-refractivity contribution >= 4 is 29.5 Å². The number of hydrogen-bond acceptors (Lipinski definition) is 5. The van der Waals surface area contributed by atoms with Gasteiger partial charge in [-0.15, -0.1) is 0 Å². The zero-order valence-electron chi connectivity index (χ0n) is 18.1. The van der Waals surface area contributed by atoms with Crippen LogP contribution in [0.4, 0.5) is 19.3 Å². The molecule has 1 atom stereocenters. The van der Waals surface area contributed by atoms with E-state index in [2.05, 4.69) is 10.6 Å². The largest absolute Gasteiger partial charge is 0.462 e. The van der Waals surface area contributed by atoms with E-state index in [0.717, 1.165) is 25.0 Å². The summed E-state index contributed by atoms with van der Waals surface area (Å²) >= 11 is 0. The highest BCUT2D eigenvalue weighted by atomic mass is 19.2. The molecule has 2 N–H and O–H groups in total. The second-order valence-electron chi connectivity index (χ2n) is 7.69. The third-order valence-corrected chi connectivity index (χ3v) is 5.21. The SMILES string of the molecule is CCCCOC(=O)c1ccc(NC(=O)CN2C(=O)NC(C)(c3ccc(F)c(F)c3)C2=O)cc1. The van der Waals surface area contributed by atoms with Crippen molar-refractivity contribution in [3.05, 3.63) is 65.2 Å². The molecule has 1 fully saturated rings. The molecule has 1 aliphatic heterocycles. The van der Waals surface area contributed by atoms with E-state index in [4.69, 9.17) is 4.74 Å². The first kappa shape index (κ1) is 23.8. The van der Waals surface area contributed by atoms with E-state index in [1.807, 2.05) is 6.92 Å². The Morgan fingerprint density at radius 3 is 2.42 bits per heavy atom. The second kappa shape index (κ2) is 9.76. The van der Waals surface area contributed by atoms with Gasteiger partial charge in [0.15, 0.2) is 11.6 Å². The number of ether oxygens (including phenoxy) is 1. The maximum atomic E-state index is 13.6. The average molecular weight is 459 g/mol. The Labute approximate surface area is 188 Å². The highest BCUT2D eigenvalue weighted by Gasteiger charge is 2.49. The average Bonchev–Trinajstić information content (AvgIpc) is 3.00. The summed E-state index contributed by atoms with van der Waals surface area (Å²) < 4.78 is 32.0. The van der Waals surface area contributed by atoms with Gasteiger partial charge in [-0.1, -0.05) is 19.4 Å². The lowest BCUT2D eigenvalue weighted by Crippen LogP contribution is -2.42. The number of urea groups is 1. The topological polar surface area (TPSA) is 105 Å². The maximum absolute atomic E-state index is 13.6. The Bertz CT molecular complexity index is 1090. The summed E-state index contributed by atoms with van der Waals surface area (Å²) in [6.45, 7) is 3.05. The molecule has 1 saturated heterocycles. The van der Waals surface area contributed by atoms with Gasteiger partial charge in [-0.25, -0.2) is 18.4 Å². The van der Waals surface area contributed by atoms with Gasteiger partial charge in [0.05, 0.1) is 12.2 Å². The van der Waals surface area contributed by atoms with Gasteiger partial charge in [-0.05, 0) is 55.3 Å². The van der Waals surface area contributed by atoms with Crippen LogP contribution in [0.2, 0.25) is 0 Å². The summed E-state index contributed by atoms with van der Waals surface area (Å²) in [5.41, 5.74) is -0.934. The number of halogens is 2. The standard InChI is InChI=1S/C23H23F2N3O5/c1-3-4-11-33-20(30)14-5-8-16(9-6-14)26-19(29)13-28-21(31)23(2,27-22(28)32)15-7-10-17(24)18(25)12-15/h5-10,12H,3-4,11,13H2,1-2H3,(H,26,29)(H,27,32). The number of unbranched alkanes of at least 4 members (excludes halogenated alkanes) is 1. The fourth-order valence-electron chi connectivity index (χ4n) is 3.27. The molecule has 0 aliphatic carbocycles. The Morgan fingerprint density at radius 2 is 1.79 bits per heavy atom. The van der Waals surface area contributed by atoms with Gasteiger partial charge in [0.1, 0.15) is 12.1 Å². The molecule has 3 rings (SSSR count). The van der Waals surface area contributed by atoms with Crippen LogP contribution in [0.5, 0.6) is 0 Å². The minimum atomic E-state index is -1.65. The number of anilines is 1. The first-order chi connectivity index (χ1) is 15.7. The first-order valence-electron chi connectivity index (χ1n) is 10.3. The number of rotatable bonds is 8. The van der Waals surface area contributed by atoms with Crippen molar-refractivity contribution < 1.29 is 32.7 Å². The number of carbonyl (C=O) groups is 4. The molecule has 4 amide bonds. The second-order valence-corrected chi connectivity index (χ2v) is 7.69. The van der Waals surface area contributed by atoms with Crippen LogP contribution in [-0.4, -0.2) is 41.9 Å². The van der Waals surface area contributed by atoms with Crippen molar-refractivity contribution in [1.29, 1.82) is 0 Å². The molecule has 2 aromatic carbocycles. The molecule has 0 aromatic heterocycles. The first-order valence-corrected chi connectivity index (χ1v) is 10.3. The zero-order chi connectivity index (χ0) is 24.2. The number of nitrogens with one attached hydrogen (secondary N) is 2. The number of esters is 1. The van der Waals surface area contributed by atoms with Gasteiger partial charge in [0, 0.05) is 5.69 Å². The molecule has 10 heteroatoms. The van der Waals surface area contributed by atoms with Gasteiger partial charge in [0.25, 0.3) is 5.91 Å². The normalized spacial score (nSPS) is 17.6. The van der Waals surface area contributed by atoms with E-state index in [1.54, 1.807) is 0 Å². The quantitative estimate of drug-likeness (QED) is 0.358. The number of imide groups is 1. The van der Waals surface area contributed by atoms with Crippen LogP contribution in [-0.2, 0) is 19.9 Å². The summed E-state index contributed by atoms with van der Waals surface area (Å²) in [7, 11) is 0. The molecule has 0 radical (unpaired) electrons. The van der Waals surface area contributed by atoms with E-state index in [0.29, 0.717) is 22.8 Å². The minimum Gasteiger partial charge on any atom is -0.462 e. The Hall–Kier alpha value is -3.82. The number of benzene rings is 2. The molecule has 8 nitrogen and oxygen atoms in total. The van der Waals surface area contributed by atoms with Crippen LogP contribution in [0.25, 0.3) is 0 Å². The van der Waals surface area contributed by atoms with Crippen LogP contribution in [0.1, 0.15) is 42.6 Å².